The Morgan fingerprint density at radius 1 is 1.09 bits per heavy atom. The van der Waals surface area contributed by atoms with Gasteiger partial charge in [0.05, 0.1) is 0 Å². The van der Waals surface area contributed by atoms with Crippen LogP contribution in [0.5, 0.6) is 5.75 Å². The van der Waals surface area contributed by atoms with Crippen LogP contribution in [0.25, 0.3) is 10.8 Å². The Bertz CT molecular complexity index is 683. The highest BCUT2D eigenvalue weighted by molar-refractivity contribution is 6.04. The molecule has 0 aliphatic heterocycles. The normalized spacial score (nSPS) is 10.4. The molecule has 0 unspecified atom stereocenters. The molecule has 0 bridgehead atoms. The molecule has 2 rings (SSSR count). The van der Waals surface area contributed by atoms with Crippen LogP contribution in [0.2, 0.25) is 0 Å². The van der Waals surface area contributed by atoms with Gasteiger partial charge < -0.3 is 19.9 Å². The first kappa shape index (κ1) is 15.8. The second-order valence-corrected chi connectivity index (χ2v) is 4.52. The molecule has 116 valence electrons. The van der Waals surface area contributed by atoms with Crippen molar-refractivity contribution in [3.63, 3.8) is 0 Å². The van der Waals surface area contributed by atoms with Crippen LogP contribution in [0.15, 0.2) is 36.4 Å². The summed E-state index contributed by atoms with van der Waals surface area (Å²) in [6.07, 6.45) is 0. The molecule has 22 heavy (non-hydrogen) atoms. The zero-order valence-electron chi connectivity index (χ0n) is 12.2. The van der Waals surface area contributed by atoms with Gasteiger partial charge in [-0.05, 0) is 19.1 Å². The lowest BCUT2D eigenvalue weighted by Crippen LogP contribution is -2.18. The van der Waals surface area contributed by atoms with E-state index in [1.165, 1.54) is 0 Å². The number of rotatable bonds is 7. The zero-order chi connectivity index (χ0) is 15.9. The van der Waals surface area contributed by atoms with E-state index in [9.17, 15) is 9.59 Å². The fourth-order valence-corrected chi connectivity index (χ4v) is 2.03. The number of carboxylic acid groups (broad SMARTS) is 1. The fourth-order valence-electron chi connectivity index (χ4n) is 2.03. The van der Waals surface area contributed by atoms with Crippen molar-refractivity contribution in [2.45, 2.75) is 6.92 Å². The predicted octanol–water partition coefficient (Wildman–Crippen LogP) is 2.28. The number of ether oxygens (including phenoxy) is 2. The van der Waals surface area contributed by atoms with Gasteiger partial charge in [0.2, 0.25) is 5.91 Å². The first-order valence-electron chi connectivity index (χ1n) is 6.85. The summed E-state index contributed by atoms with van der Waals surface area (Å²) in [4.78, 5) is 22.4. The van der Waals surface area contributed by atoms with Crippen molar-refractivity contribution in [1.29, 1.82) is 0 Å². The Labute approximate surface area is 127 Å². The maximum atomic E-state index is 11.8. The smallest absolute Gasteiger partial charge is 0.341 e. The fraction of sp³-hybridized carbons (Fsp3) is 0.250. The third-order valence-electron chi connectivity index (χ3n) is 2.95. The lowest BCUT2D eigenvalue weighted by Gasteiger charge is -2.12. The van der Waals surface area contributed by atoms with E-state index in [-0.39, 0.29) is 12.5 Å². The molecule has 0 aliphatic carbocycles. The summed E-state index contributed by atoms with van der Waals surface area (Å²) in [6.45, 7) is 1.86. The van der Waals surface area contributed by atoms with Crippen LogP contribution in [-0.4, -0.2) is 36.8 Å². The molecular weight excluding hydrogens is 286 g/mol. The van der Waals surface area contributed by atoms with Gasteiger partial charge in [0.15, 0.2) is 6.61 Å². The van der Waals surface area contributed by atoms with E-state index in [0.29, 0.717) is 18.0 Å². The molecule has 0 radical (unpaired) electrons. The number of amides is 1. The van der Waals surface area contributed by atoms with E-state index in [4.69, 9.17) is 14.6 Å². The van der Waals surface area contributed by atoms with Crippen molar-refractivity contribution < 1.29 is 24.2 Å². The average molecular weight is 303 g/mol. The van der Waals surface area contributed by atoms with Crippen molar-refractivity contribution in [3.05, 3.63) is 36.4 Å². The van der Waals surface area contributed by atoms with E-state index in [2.05, 4.69) is 5.32 Å². The van der Waals surface area contributed by atoms with Gasteiger partial charge in [0, 0.05) is 23.1 Å². The molecule has 0 saturated heterocycles. The Morgan fingerprint density at radius 3 is 2.50 bits per heavy atom. The molecule has 0 saturated carbocycles. The standard InChI is InChI=1S/C16H17NO5/c1-2-21-9-15(18)17-13-7-8-14(22-10-16(19)20)12-6-4-3-5-11(12)13/h3-8H,2,9-10H2,1H3,(H,17,18)(H,19,20). The highest BCUT2D eigenvalue weighted by atomic mass is 16.5. The topological polar surface area (TPSA) is 84.9 Å². The van der Waals surface area contributed by atoms with Crippen molar-refractivity contribution in [2.75, 3.05) is 25.1 Å². The second-order valence-electron chi connectivity index (χ2n) is 4.52. The molecule has 6 nitrogen and oxygen atoms in total. The van der Waals surface area contributed by atoms with Crippen LogP contribution < -0.4 is 10.1 Å². The molecule has 0 fully saturated rings. The van der Waals surface area contributed by atoms with Crippen LogP contribution in [0.4, 0.5) is 5.69 Å². The van der Waals surface area contributed by atoms with Crippen molar-refractivity contribution in [1.82, 2.24) is 0 Å². The van der Waals surface area contributed by atoms with Gasteiger partial charge >= 0.3 is 5.97 Å². The monoisotopic (exact) mass is 303 g/mol. The maximum Gasteiger partial charge on any atom is 0.341 e. The van der Waals surface area contributed by atoms with E-state index >= 15 is 0 Å². The number of fused-ring (bicyclic) bond motifs is 1. The summed E-state index contributed by atoms with van der Waals surface area (Å²) in [5.41, 5.74) is 0.628. The molecule has 2 aromatic rings. The number of hydrogen-bond acceptors (Lipinski definition) is 4. The maximum absolute atomic E-state index is 11.8. The molecule has 2 aromatic carbocycles. The van der Waals surface area contributed by atoms with Gasteiger partial charge in [0.25, 0.3) is 0 Å². The molecule has 6 heteroatoms. The van der Waals surface area contributed by atoms with E-state index < -0.39 is 12.6 Å². The summed E-state index contributed by atoms with van der Waals surface area (Å²) in [5.74, 6) is -0.829. The number of carbonyl (C=O) groups is 2. The average Bonchev–Trinajstić information content (AvgIpc) is 2.52. The lowest BCUT2D eigenvalue weighted by molar-refractivity contribution is -0.139. The minimum Gasteiger partial charge on any atom is -0.481 e. The number of anilines is 1. The van der Waals surface area contributed by atoms with Crippen molar-refractivity contribution in [3.8, 4) is 5.75 Å². The number of carboxylic acids is 1. The quantitative estimate of drug-likeness (QED) is 0.819. The third-order valence-corrected chi connectivity index (χ3v) is 2.95. The highest BCUT2D eigenvalue weighted by Crippen LogP contribution is 2.31. The minimum absolute atomic E-state index is 0.0118. The molecule has 0 heterocycles. The molecular formula is C16H17NO5. The van der Waals surface area contributed by atoms with Gasteiger partial charge in [-0.3, -0.25) is 4.79 Å². The van der Waals surface area contributed by atoms with Crippen LogP contribution >= 0.6 is 0 Å². The molecule has 2 N–H and O–H groups in total. The second kappa shape index (κ2) is 7.42. The summed E-state index contributed by atoms with van der Waals surface area (Å²) in [7, 11) is 0. The Balaban J connectivity index is 2.27. The predicted molar refractivity (Wildman–Crippen MR) is 82.2 cm³/mol. The Kier molecular flexibility index (Phi) is 5.32. The van der Waals surface area contributed by atoms with Gasteiger partial charge in [-0.2, -0.15) is 0 Å². The highest BCUT2D eigenvalue weighted by Gasteiger charge is 2.10. The molecule has 0 atom stereocenters. The van der Waals surface area contributed by atoms with Crippen LogP contribution in [0.1, 0.15) is 6.92 Å². The van der Waals surface area contributed by atoms with Crippen molar-refractivity contribution in [2.24, 2.45) is 0 Å². The summed E-state index contributed by atoms with van der Waals surface area (Å²) in [5, 5.41) is 13.0. The zero-order valence-corrected chi connectivity index (χ0v) is 12.2. The van der Waals surface area contributed by atoms with Crippen molar-refractivity contribution >= 4 is 28.3 Å². The van der Waals surface area contributed by atoms with Crippen LogP contribution in [0, 0.1) is 0 Å². The number of nitrogens with one attached hydrogen (secondary N) is 1. The van der Waals surface area contributed by atoms with E-state index in [1.807, 2.05) is 31.2 Å². The SMILES string of the molecule is CCOCC(=O)Nc1ccc(OCC(=O)O)c2ccccc12. The first-order chi connectivity index (χ1) is 10.6. The number of benzene rings is 2. The number of hydrogen-bond donors (Lipinski definition) is 2. The Hall–Kier alpha value is -2.60. The minimum atomic E-state index is -1.04. The number of carbonyl (C=O) groups excluding carboxylic acids is 1. The van der Waals surface area contributed by atoms with Gasteiger partial charge in [-0.1, -0.05) is 24.3 Å². The summed E-state index contributed by atoms with van der Waals surface area (Å²) < 4.78 is 10.3. The molecule has 1 amide bonds. The molecule has 0 spiro atoms. The third kappa shape index (κ3) is 3.95. The summed E-state index contributed by atoms with van der Waals surface area (Å²) >= 11 is 0. The molecule has 0 aliphatic rings. The lowest BCUT2D eigenvalue weighted by atomic mass is 10.1. The van der Waals surface area contributed by atoms with Crippen LogP contribution in [0.3, 0.4) is 0 Å². The van der Waals surface area contributed by atoms with Gasteiger partial charge in [-0.25, -0.2) is 4.79 Å². The first-order valence-corrected chi connectivity index (χ1v) is 6.85. The van der Waals surface area contributed by atoms with E-state index in [1.54, 1.807) is 12.1 Å². The van der Waals surface area contributed by atoms with Gasteiger partial charge in [0.1, 0.15) is 12.4 Å². The number of aliphatic carboxylic acids is 1. The van der Waals surface area contributed by atoms with Crippen LogP contribution in [-0.2, 0) is 14.3 Å². The largest absolute Gasteiger partial charge is 0.481 e. The van der Waals surface area contributed by atoms with E-state index in [0.717, 1.165) is 10.8 Å². The molecule has 0 aromatic heterocycles. The Morgan fingerprint density at radius 2 is 1.82 bits per heavy atom. The summed E-state index contributed by atoms with van der Waals surface area (Å²) in [6, 6.07) is 10.6. The van der Waals surface area contributed by atoms with Gasteiger partial charge in [-0.15, -0.1) is 0 Å².